The van der Waals surface area contributed by atoms with Crippen LogP contribution in [0.25, 0.3) is 0 Å². The van der Waals surface area contributed by atoms with Gasteiger partial charge < -0.3 is 20.5 Å². The summed E-state index contributed by atoms with van der Waals surface area (Å²) in [6, 6.07) is 5.71. The number of nitrogens with one attached hydrogen (secondary N) is 1. The summed E-state index contributed by atoms with van der Waals surface area (Å²) in [5, 5.41) is 3.03. The van der Waals surface area contributed by atoms with E-state index >= 15 is 0 Å². The zero-order valence-electron chi connectivity index (χ0n) is 11.1. The number of aromatic nitrogens is 3. The maximum atomic E-state index is 5.61. The molecule has 0 aliphatic heterocycles. The minimum Gasteiger partial charge on any atom is -0.497 e. The Labute approximate surface area is 124 Å². The summed E-state index contributed by atoms with van der Waals surface area (Å²) in [5.74, 6) is 1.10. The molecule has 0 fully saturated rings. The van der Waals surface area contributed by atoms with Gasteiger partial charge in [0.2, 0.25) is 11.9 Å². The number of nitrogen functional groups attached to an aromatic ring is 1. The highest BCUT2D eigenvalue weighted by Gasteiger charge is 2.07. The molecular formula is C12H14BrN5O2. The number of nitrogens with zero attached hydrogens (tertiary/aromatic N) is 3. The SMILES string of the molecule is CCOc1nc(N)nc(Nc2cc(Br)cc(OC)c2)n1. The molecule has 3 N–H and O–H groups in total. The molecule has 2 rings (SSSR count). The van der Waals surface area contributed by atoms with Crippen molar-refractivity contribution in [3.05, 3.63) is 22.7 Å². The first-order chi connectivity index (χ1) is 9.60. The van der Waals surface area contributed by atoms with Crippen molar-refractivity contribution in [1.82, 2.24) is 15.0 Å². The lowest BCUT2D eigenvalue weighted by atomic mass is 10.3. The number of halogens is 1. The average Bonchev–Trinajstić information content (AvgIpc) is 2.37. The van der Waals surface area contributed by atoms with Crippen LogP contribution >= 0.6 is 15.9 Å². The second-order valence-electron chi connectivity index (χ2n) is 3.74. The molecule has 1 heterocycles. The molecule has 0 aliphatic rings. The Balaban J connectivity index is 2.27. The van der Waals surface area contributed by atoms with Crippen LogP contribution in [-0.2, 0) is 0 Å². The minimum atomic E-state index is 0.0907. The Morgan fingerprint density at radius 3 is 2.75 bits per heavy atom. The van der Waals surface area contributed by atoms with Gasteiger partial charge in [-0.1, -0.05) is 15.9 Å². The molecule has 8 heteroatoms. The largest absolute Gasteiger partial charge is 0.497 e. The Kier molecular flexibility index (Phi) is 4.57. The van der Waals surface area contributed by atoms with E-state index in [2.05, 4.69) is 36.2 Å². The molecule has 0 saturated carbocycles. The van der Waals surface area contributed by atoms with Gasteiger partial charge in [-0.05, 0) is 19.1 Å². The highest BCUT2D eigenvalue weighted by Crippen LogP contribution is 2.26. The van der Waals surface area contributed by atoms with Gasteiger partial charge in [-0.15, -0.1) is 0 Å². The predicted molar refractivity (Wildman–Crippen MR) is 79.4 cm³/mol. The maximum absolute atomic E-state index is 5.61. The second-order valence-corrected chi connectivity index (χ2v) is 4.65. The van der Waals surface area contributed by atoms with E-state index in [4.69, 9.17) is 15.2 Å². The lowest BCUT2D eigenvalue weighted by Gasteiger charge is -2.09. The van der Waals surface area contributed by atoms with E-state index < -0.39 is 0 Å². The van der Waals surface area contributed by atoms with Crippen LogP contribution in [0.4, 0.5) is 17.6 Å². The molecule has 0 amide bonds. The lowest BCUT2D eigenvalue weighted by molar-refractivity contribution is 0.312. The smallest absolute Gasteiger partial charge is 0.323 e. The standard InChI is InChI=1S/C12H14BrN5O2/c1-3-20-12-17-10(14)16-11(18-12)15-8-4-7(13)5-9(6-8)19-2/h4-6H,3H2,1-2H3,(H3,14,15,16,17,18). The fraction of sp³-hybridized carbons (Fsp3) is 0.250. The van der Waals surface area contributed by atoms with Crippen molar-refractivity contribution in [2.75, 3.05) is 24.8 Å². The third-order valence-corrected chi connectivity index (χ3v) is 2.73. The Hall–Kier alpha value is -2.09. The summed E-state index contributed by atoms with van der Waals surface area (Å²) < 4.78 is 11.3. The molecular weight excluding hydrogens is 326 g/mol. The van der Waals surface area contributed by atoms with Crippen LogP contribution in [0.2, 0.25) is 0 Å². The van der Waals surface area contributed by atoms with E-state index in [0.29, 0.717) is 18.3 Å². The predicted octanol–water partition coefficient (Wildman–Crippen LogP) is 2.37. The van der Waals surface area contributed by atoms with Crippen LogP contribution < -0.4 is 20.5 Å². The third-order valence-electron chi connectivity index (χ3n) is 2.27. The molecule has 1 aromatic carbocycles. The molecule has 2 aromatic rings. The first-order valence-electron chi connectivity index (χ1n) is 5.86. The fourth-order valence-corrected chi connectivity index (χ4v) is 1.98. The number of nitrogens with two attached hydrogens (primary N) is 1. The van der Waals surface area contributed by atoms with Crippen LogP contribution in [0.5, 0.6) is 11.8 Å². The van der Waals surface area contributed by atoms with Gasteiger partial charge in [-0.2, -0.15) is 15.0 Å². The Morgan fingerprint density at radius 2 is 2.05 bits per heavy atom. The summed E-state index contributed by atoms with van der Waals surface area (Å²) in [5.41, 5.74) is 6.37. The van der Waals surface area contributed by atoms with Crippen LogP contribution in [0, 0.1) is 0 Å². The van der Waals surface area contributed by atoms with Gasteiger partial charge in [-0.3, -0.25) is 0 Å². The quantitative estimate of drug-likeness (QED) is 0.863. The molecule has 0 radical (unpaired) electrons. The highest BCUT2D eigenvalue weighted by molar-refractivity contribution is 9.10. The molecule has 0 unspecified atom stereocenters. The van der Waals surface area contributed by atoms with E-state index in [-0.39, 0.29) is 12.0 Å². The monoisotopic (exact) mass is 339 g/mol. The van der Waals surface area contributed by atoms with Gasteiger partial charge in [0.05, 0.1) is 13.7 Å². The Bertz CT molecular complexity index is 608. The number of ether oxygens (including phenoxy) is 2. The summed E-state index contributed by atoms with van der Waals surface area (Å²) in [4.78, 5) is 12.0. The number of benzene rings is 1. The van der Waals surface area contributed by atoms with Gasteiger partial charge in [0.25, 0.3) is 0 Å². The first-order valence-corrected chi connectivity index (χ1v) is 6.66. The van der Waals surface area contributed by atoms with Crippen molar-refractivity contribution in [3.8, 4) is 11.8 Å². The van der Waals surface area contributed by atoms with Crippen molar-refractivity contribution in [2.24, 2.45) is 0 Å². The maximum Gasteiger partial charge on any atom is 0.323 e. The van der Waals surface area contributed by atoms with Crippen molar-refractivity contribution in [1.29, 1.82) is 0 Å². The van der Waals surface area contributed by atoms with Crippen molar-refractivity contribution in [2.45, 2.75) is 6.92 Å². The first kappa shape index (κ1) is 14.3. The normalized spacial score (nSPS) is 10.2. The molecule has 106 valence electrons. The minimum absolute atomic E-state index is 0.0907. The van der Waals surface area contributed by atoms with Crippen LogP contribution in [0.15, 0.2) is 22.7 Å². The van der Waals surface area contributed by atoms with E-state index in [9.17, 15) is 0 Å². The lowest BCUT2D eigenvalue weighted by Crippen LogP contribution is -2.06. The molecule has 20 heavy (non-hydrogen) atoms. The number of anilines is 3. The van der Waals surface area contributed by atoms with Crippen molar-refractivity contribution >= 4 is 33.5 Å². The zero-order valence-corrected chi connectivity index (χ0v) is 12.6. The third kappa shape index (κ3) is 3.70. The van der Waals surface area contributed by atoms with Crippen molar-refractivity contribution < 1.29 is 9.47 Å². The topological polar surface area (TPSA) is 95.2 Å². The van der Waals surface area contributed by atoms with Gasteiger partial charge in [-0.25, -0.2) is 0 Å². The molecule has 0 spiro atoms. The summed E-state index contributed by atoms with van der Waals surface area (Å²) in [6.45, 7) is 2.29. The number of methoxy groups -OCH3 is 1. The highest BCUT2D eigenvalue weighted by atomic mass is 79.9. The van der Waals surface area contributed by atoms with Gasteiger partial charge in [0.1, 0.15) is 5.75 Å². The fourth-order valence-electron chi connectivity index (χ4n) is 1.50. The molecule has 0 aliphatic carbocycles. The van der Waals surface area contributed by atoms with E-state index in [1.54, 1.807) is 7.11 Å². The number of hydrogen-bond acceptors (Lipinski definition) is 7. The molecule has 7 nitrogen and oxygen atoms in total. The second kappa shape index (κ2) is 6.38. The van der Waals surface area contributed by atoms with Crippen LogP contribution in [0.3, 0.4) is 0 Å². The van der Waals surface area contributed by atoms with Crippen LogP contribution in [0.1, 0.15) is 6.92 Å². The van der Waals surface area contributed by atoms with Crippen LogP contribution in [-0.4, -0.2) is 28.7 Å². The van der Waals surface area contributed by atoms with E-state index in [1.165, 1.54) is 0 Å². The average molecular weight is 340 g/mol. The molecule has 1 aromatic heterocycles. The van der Waals surface area contributed by atoms with Gasteiger partial charge in [0.15, 0.2) is 0 Å². The number of hydrogen-bond donors (Lipinski definition) is 2. The summed E-state index contributed by atoms with van der Waals surface area (Å²) in [7, 11) is 1.60. The Morgan fingerprint density at radius 1 is 1.25 bits per heavy atom. The number of rotatable bonds is 5. The molecule has 0 bridgehead atoms. The molecule has 0 saturated heterocycles. The summed E-state index contributed by atoms with van der Waals surface area (Å²) in [6.07, 6.45) is 0. The van der Waals surface area contributed by atoms with Gasteiger partial charge >= 0.3 is 6.01 Å². The van der Waals surface area contributed by atoms with E-state index in [0.717, 1.165) is 10.2 Å². The zero-order chi connectivity index (χ0) is 14.5. The molecule has 0 atom stereocenters. The summed E-state index contributed by atoms with van der Waals surface area (Å²) >= 11 is 3.40. The van der Waals surface area contributed by atoms with Gasteiger partial charge in [0, 0.05) is 16.2 Å². The van der Waals surface area contributed by atoms with E-state index in [1.807, 2.05) is 25.1 Å². The van der Waals surface area contributed by atoms with Crippen molar-refractivity contribution in [3.63, 3.8) is 0 Å².